The molecular weight excluding hydrogens is 290 g/mol. The number of pyridine rings is 1. The molecule has 24 heavy (non-hydrogen) atoms. The summed E-state index contributed by atoms with van der Waals surface area (Å²) in [5.74, 6) is 0. The van der Waals surface area contributed by atoms with E-state index < -0.39 is 0 Å². The lowest BCUT2D eigenvalue weighted by Crippen LogP contribution is -1.98. The average Bonchev–Trinajstić information content (AvgIpc) is 2.70. The summed E-state index contributed by atoms with van der Waals surface area (Å²) in [6.45, 7) is 0. The molecule has 1 heterocycles. The van der Waals surface area contributed by atoms with Crippen molar-refractivity contribution in [1.82, 2.24) is 4.98 Å². The van der Waals surface area contributed by atoms with Gasteiger partial charge in [-0.2, -0.15) is 0 Å². The van der Waals surface area contributed by atoms with Crippen molar-refractivity contribution in [1.29, 1.82) is 0 Å². The summed E-state index contributed by atoms with van der Waals surface area (Å²) in [5.41, 5.74) is 7.41. The Morgan fingerprint density at radius 2 is 1.33 bits per heavy atom. The van der Waals surface area contributed by atoms with Gasteiger partial charge in [0.25, 0.3) is 0 Å². The number of nitrogens with zero attached hydrogens (tertiary/aromatic N) is 1. The predicted octanol–water partition coefficient (Wildman–Crippen LogP) is 6.22. The lowest BCUT2D eigenvalue weighted by Gasteiger charge is -2.15. The second kappa shape index (κ2) is 6.84. The molecule has 0 aliphatic heterocycles. The summed E-state index contributed by atoms with van der Waals surface area (Å²) in [4.78, 5) is 4.97. The molecule has 0 saturated carbocycles. The molecule has 0 atom stereocenters. The van der Waals surface area contributed by atoms with Gasteiger partial charge in [0, 0.05) is 5.56 Å². The Hall–Kier alpha value is -2.67. The van der Waals surface area contributed by atoms with E-state index in [0.29, 0.717) is 0 Å². The molecule has 0 spiro atoms. The van der Waals surface area contributed by atoms with Crippen LogP contribution in [0.5, 0.6) is 0 Å². The number of hydrogen-bond donors (Lipinski definition) is 0. The second-order valence-corrected chi connectivity index (χ2v) is 6.31. The Morgan fingerprint density at radius 3 is 2.00 bits per heavy atom. The Balaban J connectivity index is 1.84. The first kappa shape index (κ1) is 14.9. The molecule has 0 amide bonds. The van der Waals surface area contributed by atoms with Gasteiger partial charge in [-0.05, 0) is 54.5 Å². The van der Waals surface area contributed by atoms with Crippen molar-refractivity contribution < 1.29 is 0 Å². The van der Waals surface area contributed by atoms with Gasteiger partial charge < -0.3 is 0 Å². The summed E-state index contributed by atoms with van der Waals surface area (Å²) in [6.07, 6.45) is 17.6. The van der Waals surface area contributed by atoms with E-state index in [2.05, 4.69) is 78.9 Å². The number of allylic oxidation sites excluding steroid dienone is 8. The van der Waals surface area contributed by atoms with Crippen LogP contribution in [0.2, 0.25) is 0 Å². The quantitative estimate of drug-likeness (QED) is 0.656. The summed E-state index contributed by atoms with van der Waals surface area (Å²) in [7, 11) is 0. The van der Waals surface area contributed by atoms with Gasteiger partial charge in [-0.25, -0.2) is 4.98 Å². The summed E-state index contributed by atoms with van der Waals surface area (Å²) in [6, 6.07) is 15.0. The molecule has 2 aliphatic carbocycles. The highest BCUT2D eigenvalue weighted by molar-refractivity contribution is 5.77. The monoisotopic (exact) mass is 311 g/mol. The van der Waals surface area contributed by atoms with Gasteiger partial charge in [0.2, 0.25) is 0 Å². The molecule has 0 bridgehead atoms. The fraction of sp³-hybridized carbons (Fsp3) is 0.174. The first-order chi connectivity index (χ1) is 11.9. The lowest BCUT2D eigenvalue weighted by atomic mass is 9.93. The molecule has 0 unspecified atom stereocenters. The number of hydrogen-bond acceptors (Lipinski definition) is 1. The van der Waals surface area contributed by atoms with Crippen molar-refractivity contribution in [3.8, 4) is 11.3 Å². The molecule has 1 heteroatoms. The zero-order valence-corrected chi connectivity index (χ0v) is 13.8. The molecule has 2 aliphatic rings. The van der Waals surface area contributed by atoms with Crippen molar-refractivity contribution in [3.05, 3.63) is 90.2 Å². The largest absolute Gasteiger partial charge is 0.248 e. The molecular formula is C23H21N. The topological polar surface area (TPSA) is 12.9 Å². The highest BCUT2D eigenvalue weighted by Gasteiger charge is 2.12. The first-order valence-electron chi connectivity index (χ1n) is 8.70. The maximum absolute atomic E-state index is 4.97. The van der Waals surface area contributed by atoms with Crippen molar-refractivity contribution in [2.24, 2.45) is 0 Å². The maximum Gasteiger partial charge on any atom is 0.0715 e. The third kappa shape index (κ3) is 3.16. The minimum absolute atomic E-state index is 1.06. The van der Waals surface area contributed by atoms with Crippen LogP contribution in [-0.2, 0) is 0 Å². The van der Waals surface area contributed by atoms with Crippen LogP contribution in [0.25, 0.3) is 22.4 Å². The van der Waals surface area contributed by atoms with Crippen LogP contribution in [-0.4, -0.2) is 4.98 Å². The zero-order valence-electron chi connectivity index (χ0n) is 13.8. The van der Waals surface area contributed by atoms with Gasteiger partial charge in [0.05, 0.1) is 11.4 Å². The number of benzene rings is 1. The van der Waals surface area contributed by atoms with Crippen LogP contribution >= 0.6 is 0 Å². The van der Waals surface area contributed by atoms with Crippen LogP contribution in [0.1, 0.15) is 36.9 Å². The Morgan fingerprint density at radius 1 is 0.667 bits per heavy atom. The molecule has 1 aromatic heterocycles. The number of aromatic nitrogens is 1. The van der Waals surface area contributed by atoms with Crippen molar-refractivity contribution >= 4 is 11.1 Å². The van der Waals surface area contributed by atoms with Gasteiger partial charge in [0.1, 0.15) is 0 Å². The van der Waals surface area contributed by atoms with E-state index in [4.69, 9.17) is 4.98 Å². The minimum atomic E-state index is 1.06. The Bertz CT molecular complexity index is 801. The zero-order chi connectivity index (χ0) is 16.2. The maximum atomic E-state index is 4.97. The fourth-order valence-electron chi connectivity index (χ4n) is 3.30. The Labute approximate surface area is 143 Å². The molecule has 118 valence electrons. The van der Waals surface area contributed by atoms with E-state index >= 15 is 0 Å². The minimum Gasteiger partial charge on any atom is -0.248 e. The van der Waals surface area contributed by atoms with E-state index in [-0.39, 0.29) is 0 Å². The van der Waals surface area contributed by atoms with Crippen LogP contribution in [0.4, 0.5) is 0 Å². The number of rotatable bonds is 3. The highest BCUT2D eigenvalue weighted by Crippen LogP contribution is 2.31. The van der Waals surface area contributed by atoms with Gasteiger partial charge >= 0.3 is 0 Å². The van der Waals surface area contributed by atoms with Gasteiger partial charge in [0.15, 0.2) is 0 Å². The average molecular weight is 311 g/mol. The molecule has 0 saturated heterocycles. The predicted molar refractivity (Wildman–Crippen MR) is 102 cm³/mol. The molecule has 1 aromatic carbocycles. The SMILES string of the molecule is C1=CCCC(c2cc(C3=CC=CCC3)nc(-c3ccccc3)c2)=C1. The van der Waals surface area contributed by atoms with E-state index in [1.807, 2.05) is 0 Å². The fourth-order valence-corrected chi connectivity index (χ4v) is 3.30. The van der Waals surface area contributed by atoms with Crippen LogP contribution in [0.15, 0.2) is 78.9 Å². The standard InChI is InChI=1S/C23H21N/c1-4-10-18(11-5-1)21-16-22(19-12-6-2-7-13-19)24-23(17-21)20-14-8-3-9-15-20/h1-4,6-8,10,12-14,16-17H,5,9,11,15H2. The molecule has 1 nitrogen and oxygen atoms in total. The summed E-state index contributed by atoms with van der Waals surface area (Å²) >= 11 is 0. The summed E-state index contributed by atoms with van der Waals surface area (Å²) in [5, 5.41) is 0. The first-order valence-corrected chi connectivity index (χ1v) is 8.70. The second-order valence-electron chi connectivity index (χ2n) is 6.31. The highest BCUT2D eigenvalue weighted by atomic mass is 14.7. The molecule has 0 fully saturated rings. The molecule has 4 rings (SSSR count). The van der Waals surface area contributed by atoms with E-state index in [1.54, 1.807) is 0 Å². The smallest absolute Gasteiger partial charge is 0.0715 e. The van der Waals surface area contributed by atoms with Crippen LogP contribution in [0, 0.1) is 0 Å². The third-order valence-electron chi connectivity index (χ3n) is 4.62. The van der Waals surface area contributed by atoms with Crippen LogP contribution in [0.3, 0.4) is 0 Å². The normalized spacial score (nSPS) is 16.7. The molecule has 0 N–H and O–H groups in total. The van der Waals surface area contributed by atoms with Gasteiger partial charge in [-0.1, -0.05) is 66.8 Å². The van der Waals surface area contributed by atoms with Crippen LogP contribution < -0.4 is 0 Å². The molecule has 2 aromatic rings. The van der Waals surface area contributed by atoms with Gasteiger partial charge in [-0.3, -0.25) is 0 Å². The van der Waals surface area contributed by atoms with Crippen molar-refractivity contribution in [2.75, 3.05) is 0 Å². The van der Waals surface area contributed by atoms with Gasteiger partial charge in [-0.15, -0.1) is 0 Å². The van der Waals surface area contributed by atoms with E-state index in [9.17, 15) is 0 Å². The lowest BCUT2D eigenvalue weighted by molar-refractivity contribution is 1.03. The van der Waals surface area contributed by atoms with E-state index in [1.165, 1.54) is 22.3 Å². The van der Waals surface area contributed by atoms with Crippen molar-refractivity contribution in [2.45, 2.75) is 25.7 Å². The van der Waals surface area contributed by atoms with Crippen molar-refractivity contribution in [3.63, 3.8) is 0 Å². The summed E-state index contributed by atoms with van der Waals surface area (Å²) < 4.78 is 0. The molecule has 0 radical (unpaired) electrons. The Kier molecular flexibility index (Phi) is 4.24. The third-order valence-corrected chi connectivity index (χ3v) is 4.62. The van der Waals surface area contributed by atoms with E-state index in [0.717, 1.165) is 37.1 Å².